The summed E-state index contributed by atoms with van der Waals surface area (Å²) in [5.74, 6) is 1.44. The van der Waals surface area contributed by atoms with Crippen LogP contribution in [0.1, 0.15) is 37.6 Å². The summed E-state index contributed by atoms with van der Waals surface area (Å²) in [6.45, 7) is 7.21. The number of furan rings is 1. The van der Waals surface area contributed by atoms with Gasteiger partial charge in [-0.15, -0.1) is 0 Å². The Morgan fingerprint density at radius 1 is 1.23 bits per heavy atom. The minimum absolute atomic E-state index is 0.154. The van der Waals surface area contributed by atoms with Crippen molar-refractivity contribution in [3.05, 3.63) is 65.9 Å². The van der Waals surface area contributed by atoms with E-state index in [4.69, 9.17) is 9.15 Å². The highest BCUT2D eigenvalue weighted by atomic mass is 16.5. The number of hydrogen-bond donors (Lipinski definition) is 2. The minimum Gasteiger partial charge on any atom is -0.490 e. The maximum Gasteiger partial charge on any atom is 0.315 e. The molecule has 6 nitrogen and oxygen atoms in total. The fourth-order valence-corrected chi connectivity index (χ4v) is 3.97. The van der Waals surface area contributed by atoms with Gasteiger partial charge in [0.15, 0.2) is 11.3 Å². The van der Waals surface area contributed by atoms with Crippen molar-refractivity contribution in [3.63, 3.8) is 0 Å². The van der Waals surface area contributed by atoms with Crippen LogP contribution < -0.4 is 15.4 Å². The van der Waals surface area contributed by atoms with Gasteiger partial charge in [0.05, 0.1) is 12.6 Å². The third-order valence-electron chi connectivity index (χ3n) is 5.46. The Labute approximate surface area is 177 Å². The van der Waals surface area contributed by atoms with Crippen LogP contribution in [0.3, 0.4) is 0 Å². The number of amides is 2. The van der Waals surface area contributed by atoms with Gasteiger partial charge in [-0.05, 0) is 38.0 Å². The lowest BCUT2D eigenvalue weighted by molar-refractivity contribution is 0.231. The summed E-state index contributed by atoms with van der Waals surface area (Å²) in [7, 11) is 0. The molecule has 6 heteroatoms. The second-order valence-electron chi connectivity index (χ2n) is 7.80. The maximum atomic E-state index is 12.5. The van der Waals surface area contributed by atoms with Crippen molar-refractivity contribution in [1.82, 2.24) is 15.5 Å². The van der Waals surface area contributed by atoms with E-state index in [0.29, 0.717) is 12.4 Å². The number of rotatable bonds is 7. The van der Waals surface area contributed by atoms with Crippen molar-refractivity contribution < 1.29 is 13.9 Å². The van der Waals surface area contributed by atoms with Gasteiger partial charge in [0, 0.05) is 31.1 Å². The van der Waals surface area contributed by atoms with Crippen LogP contribution in [0.5, 0.6) is 5.75 Å². The van der Waals surface area contributed by atoms with Gasteiger partial charge in [-0.1, -0.05) is 42.5 Å². The number of hydrogen-bond acceptors (Lipinski definition) is 4. The summed E-state index contributed by atoms with van der Waals surface area (Å²) in [6.07, 6.45) is 0.955. The quantitative estimate of drug-likeness (QED) is 0.607. The van der Waals surface area contributed by atoms with Crippen LogP contribution in [0.25, 0.3) is 11.0 Å². The molecule has 2 heterocycles. The standard InChI is InChI=1S/C24H29N3O3/c1-3-29-21-11-7-10-19-14-22(30-23(19)21)17(2)25-24(28)26-20-12-13-27(16-20)15-18-8-5-4-6-9-18/h4-11,14,17,20H,3,12-13,15-16H2,1-2H3,(H2,25,26,28). The number of benzene rings is 2. The average molecular weight is 408 g/mol. The molecule has 4 rings (SSSR count). The average Bonchev–Trinajstić information content (AvgIpc) is 3.36. The van der Waals surface area contributed by atoms with Gasteiger partial charge in [0.1, 0.15) is 5.76 Å². The lowest BCUT2D eigenvalue weighted by atomic mass is 10.2. The predicted octanol–water partition coefficient (Wildman–Crippen LogP) is 4.47. The van der Waals surface area contributed by atoms with Gasteiger partial charge >= 0.3 is 6.03 Å². The third-order valence-corrected chi connectivity index (χ3v) is 5.46. The van der Waals surface area contributed by atoms with Crippen molar-refractivity contribution in [2.45, 2.75) is 38.9 Å². The largest absolute Gasteiger partial charge is 0.490 e. The Balaban J connectivity index is 1.31. The van der Waals surface area contributed by atoms with Gasteiger partial charge in [0.25, 0.3) is 0 Å². The molecule has 0 aliphatic carbocycles. The lowest BCUT2D eigenvalue weighted by Crippen LogP contribution is -2.44. The van der Waals surface area contributed by atoms with E-state index in [0.717, 1.165) is 42.8 Å². The normalized spacial score (nSPS) is 17.7. The summed E-state index contributed by atoms with van der Waals surface area (Å²) in [4.78, 5) is 14.9. The SMILES string of the molecule is CCOc1cccc2cc(C(C)NC(=O)NC3CCN(Cc4ccccc4)C3)oc12. The van der Waals surface area contributed by atoms with Crippen LogP contribution in [-0.4, -0.2) is 36.7 Å². The van der Waals surface area contributed by atoms with Gasteiger partial charge in [-0.3, -0.25) is 4.90 Å². The van der Waals surface area contributed by atoms with Crippen LogP contribution in [0, 0.1) is 0 Å². The minimum atomic E-state index is -0.242. The number of urea groups is 1. The highest BCUT2D eigenvalue weighted by Crippen LogP contribution is 2.31. The molecular weight excluding hydrogens is 378 g/mol. The topological polar surface area (TPSA) is 66.7 Å². The first-order valence-corrected chi connectivity index (χ1v) is 10.6. The Bertz CT molecular complexity index is 986. The van der Waals surface area contributed by atoms with Crippen molar-refractivity contribution >= 4 is 17.0 Å². The zero-order chi connectivity index (χ0) is 20.9. The first-order valence-electron chi connectivity index (χ1n) is 10.6. The van der Waals surface area contributed by atoms with Crippen molar-refractivity contribution in [3.8, 4) is 5.75 Å². The summed E-state index contributed by atoms with van der Waals surface area (Å²) >= 11 is 0. The molecular formula is C24H29N3O3. The van der Waals surface area contributed by atoms with Gasteiger partial charge in [-0.25, -0.2) is 4.79 Å². The fraction of sp³-hybridized carbons (Fsp3) is 0.375. The monoisotopic (exact) mass is 407 g/mol. The molecule has 0 spiro atoms. The fourth-order valence-electron chi connectivity index (χ4n) is 3.97. The number of nitrogens with zero attached hydrogens (tertiary/aromatic N) is 1. The Morgan fingerprint density at radius 2 is 2.07 bits per heavy atom. The van der Waals surface area contributed by atoms with Crippen molar-refractivity contribution in [1.29, 1.82) is 0 Å². The molecule has 1 aromatic heterocycles. The van der Waals surface area contributed by atoms with Crippen LogP contribution in [0.4, 0.5) is 4.79 Å². The Kier molecular flexibility index (Phi) is 6.23. The summed E-state index contributed by atoms with van der Waals surface area (Å²) in [6, 6.07) is 18.0. The van der Waals surface area contributed by atoms with E-state index >= 15 is 0 Å². The Morgan fingerprint density at radius 3 is 2.87 bits per heavy atom. The number of ether oxygens (including phenoxy) is 1. The molecule has 2 aromatic carbocycles. The van der Waals surface area contributed by atoms with Gasteiger partial charge in [-0.2, -0.15) is 0 Å². The molecule has 1 saturated heterocycles. The first kappa shape index (κ1) is 20.3. The van der Waals surface area contributed by atoms with E-state index in [1.54, 1.807) is 0 Å². The molecule has 30 heavy (non-hydrogen) atoms. The molecule has 2 unspecified atom stereocenters. The number of carbonyl (C=O) groups is 1. The predicted molar refractivity (Wildman–Crippen MR) is 118 cm³/mol. The molecule has 2 N–H and O–H groups in total. The molecule has 1 aliphatic heterocycles. The van der Waals surface area contributed by atoms with E-state index in [-0.39, 0.29) is 18.1 Å². The molecule has 0 bridgehead atoms. The number of nitrogens with one attached hydrogen (secondary N) is 2. The molecule has 158 valence electrons. The molecule has 0 saturated carbocycles. The zero-order valence-corrected chi connectivity index (χ0v) is 17.6. The molecule has 1 fully saturated rings. The maximum absolute atomic E-state index is 12.5. The third kappa shape index (κ3) is 4.76. The first-order chi connectivity index (χ1) is 14.6. The Hall–Kier alpha value is -2.99. The lowest BCUT2D eigenvalue weighted by Gasteiger charge is -2.18. The summed E-state index contributed by atoms with van der Waals surface area (Å²) in [5.41, 5.74) is 2.02. The van der Waals surface area contributed by atoms with Crippen LogP contribution in [0.2, 0.25) is 0 Å². The van der Waals surface area contributed by atoms with E-state index in [9.17, 15) is 4.79 Å². The van der Waals surface area contributed by atoms with E-state index in [1.165, 1.54) is 5.56 Å². The summed E-state index contributed by atoms with van der Waals surface area (Å²) in [5, 5.41) is 7.07. The molecule has 2 amide bonds. The molecule has 3 aromatic rings. The number of fused-ring (bicyclic) bond motifs is 1. The van der Waals surface area contributed by atoms with E-state index in [2.05, 4.69) is 39.8 Å². The summed E-state index contributed by atoms with van der Waals surface area (Å²) < 4.78 is 11.6. The van der Waals surface area contributed by atoms with Crippen LogP contribution >= 0.6 is 0 Å². The van der Waals surface area contributed by atoms with Crippen molar-refractivity contribution in [2.24, 2.45) is 0 Å². The highest BCUT2D eigenvalue weighted by Gasteiger charge is 2.25. The van der Waals surface area contributed by atoms with Crippen LogP contribution in [-0.2, 0) is 6.54 Å². The van der Waals surface area contributed by atoms with Gasteiger partial charge in [0.2, 0.25) is 0 Å². The van der Waals surface area contributed by atoms with Gasteiger partial charge < -0.3 is 19.8 Å². The van der Waals surface area contributed by atoms with Crippen LogP contribution in [0.15, 0.2) is 59.0 Å². The van der Waals surface area contributed by atoms with E-state index < -0.39 is 0 Å². The second-order valence-corrected chi connectivity index (χ2v) is 7.80. The zero-order valence-electron chi connectivity index (χ0n) is 17.6. The molecule has 2 atom stereocenters. The van der Waals surface area contributed by atoms with E-state index in [1.807, 2.05) is 44.2 Å². The highest BCUT2D eigenvalue weighted by molar-refractivity contribution is 5.84. The molecule has 0 radical (unpaired) electrons. The molecule has 1 aliphatic rings. The number of para-hydroxylation sites is 1. The second kappa shape index (κ2) is 9.22. The number of carbonyl (C=O) groups excluding carboxylic acids is 1. The number of likely N-dealkylation sites (tertiary alicyclic amines) is 1. The smallest absolute Gasteiger partial charge is 0.315 e. The van der Waals surface area contributed by atoms with Crippen molar-refractivity contribution in [2.75, 3.05) is 19.7 Å².